The van der Waals surface area contributed by atoms with E-state index in [2.05, 4.69) is 0 Å². The van der Waals surface area contributed by atoms with E-state index in [1.165, 1.54) is 12.1 Å². The minimum Gasteiger partial charge on any atom is -0.494 e. The molecule has 0 amide bonds. The van der Waals surface area contributed by atoms with Gasteiger partial charge in [0.05, 0.1) is 12.2 Å². The lowest BCUT2D eigenvalue weighted by atomic mass is 10.1. The molecule has 29 heavy (non-hydrogen) atoms. The van der Waals surface area contributed by atoms with Gasteiger partial charge in [-0.1, -0.05) is 24.3 Å². The SMILES string of the molecule is CCOc1ccc(/C=C2\Oc3cc(OCc4cccc(F)c4)ccc3C2=O)cc1. The van der Waals surface area contributed by atoms with E-state index in [0.717, 1.165) is 16.9 Å². The Morgan fingerprint density at radius 1 is 0.966 bits per heavy atom. The molecule has 1 aliphatic heterocycles. The molecule has 0 bridgehead atoms. The molecule has 0 spiro atoms. The normalized spacial score (nSPS) is 13.9. The van der Waals surface area contributed by atoms with Crippen LogP contribution in [0.5, 0.6) is 17.2 Å². The first kappa shape index (κ1) is 18.7. The average Bonchev–Trinajstić information content (AvgIpc) is 3.03. The van der Waals surface area contributed by atoms with Crippen molar-refractivity contribution in [1.82, 2.24) is 0 Å². The Kier molecular flexibility index (Phi) is 5.29. The van der Waals surface area contributed by atoms with Crippen LogP contribution in [0.1, 0.15) is 28.4 Å². The van der Waals surface area contributed by atoms with Gasteiger partial charge in [0, 0.05) is 6.07 Å². The zero-order valence-electron chi connectivity index (χ0n) is 15.9. The Labute approximate surface area is 168 Å². The first-order valence-corrected chi connectivity index (χ1v) is 9.31. The minimum atomic E-state index is -0.307. The molecule has 3 aromatic carbocycles. The second kappa shape index (κ2) is 8.19. The number of benzene rings is 3. The van der Waals surface area contributed by atoms with Gasteiger partial charge in [0.2, 0.25) is 5.78 Å². The maximum absolute atomic E-state index is 13.3. The number of allylic oxidation sites excluding steroid dienone is 1. The molecule has 0 N–H and O–H groups in total. The molecule has 3 aromatic rings. The van der Waals surface area contributed by atoms with Crippen molar-refractivity contribution >= 4 is 11.9 Å². The van der Waals surface area contributed by atoms with E-state index >= 15 is 0 Å². The second-order valence-electron chi connectivity index (χ2n) is 6.52. The van der Waals surface area contributed by atoms with Crippen LogP contribution in [0.25, 0.3) is 6.08 Å². The number of fused-ring (bicyclic) bond motifs is 1. The van der Waals surface area contributed by atoms with E-state index in [-0.39, 0.29) is 24.0 Å². The molecule has 1 heterocycles. The number of carbonyl (C=O) groups excluding carboxylic acids is 1. The molecule has 0 saturated carbocycles. The summed E-state index contributed by atoms with van der Waals surface area (Å²) in [6.45, 7) is 2.74. The number of Topliss-reactive ketones (excluding diaryl/α,β-unsaturated/α-hetero) is 1. The van der Waals surface area contributed by atoms with Crippen LogP contribution in [-0.4, -0.2) is 12.4 Å². The average molecular weight is 390 g/mol. The van der Waals surface area contributed by atoms with Crippen LogP contribution in [0.15, 0.2) is 72.5 Å². The molecular weight excluding hydrogens is 371 g/mol. The molecule has 0 saturated heterocycles. The lowest BCUT2D eigenvalue weighted by Crippen LogP contribution is -1.98. The van der Waals surface area contributed by atoms with Crippen molar-refractivity contribution in [3.63, 3.8) is 0 Å². The first-order valence-electron chi connectivity index (χ1n) is 9.31. The highest BCUT2D eigenvalue weighted by atomic mass is 19.1. The van der Waals surface area contributed by atoms with E-state index < -0.39 is 0 Å². The van der Waals surface area contributed by atoms with Crippen LogP contribution in [-0.2, 0) is 6.61 Å². The number of carbonyl (C=O) groups is 1. The molecule has 4 rings (SSSR count). The van der Waals surface area contributed by atoms with Crippen LogP contribution in [0.3, 0.4) is 0 Å². The van der Waals surface area contributed by atoms with Crippen LogP contribution < -0.4 is 14.2 Å². The van der Waals surface area contributed by atoms with Crippen LogP contribution in [0.2, 0.25) is 0 Å². The molecule has 0 radical (unpaired) electrons. The summed E-state index contributed by atoms with van der Waals surface area (Å²) in [6, 6.07) is 18.7. The highest BCUT2D eigenvalue weighted by Crippen LogP contribution is 2.35. The molecule has 5 heteroatoms. The molecule has 0 unspecified atom stereocenters. The van der Waals surface area contributed by atoms with Gasteiger partial charge < -0.3 is 14.2 Å². The van der Waals surface area contributed by atoms with Crippen molar-refractivity contribution in [2.75, 3.05) is 6.61 Å². The van der Waals surface area contributed by atoms with Crippen molar-refractivity contribution in [2.24, 2.45) is 0 Å². The fraction of sp³-hybridized carbons (Fsp3) is 0.125. The minimum absolute atomic E-state index is 0.175. The quantitative estimate of drug-likeness (QED) is 0.527. The summed E-state index contributed by atoms with van der Waals surface area (Å²) in [7, 11) is 0. The lowest BCUT2D eigenvalue weighted by Gasteiger charge is -2.07. The third-order valence-corrected chi connectivity index (χ3v) is 4.42. The Morgan fingerprint density at radius 2 is 1.76 bits per heavy atom. The Hall–Kier alpha value is -3.60. The van der Waals surface area contributed by atoms with E-state index in [1.807, 2.05) is 31.2 Å². The number of ether oxygens (including phenoxy) is 3. The van der Waals surface area contributed by atoms with Gasteiger partial charge in [-0.05, 0) is 60.5 Å². The summed E-state index contributed by atoms with van der Waals surface area (Å²) in [6.07, 6.45) is 1.70. The fourth-order valence-corrected chi connectivity index (χ4v) is 3.03. The molecule has 0 aromatic heterocycles. The van der Waals surface area contributed by atoms with Crippen molar-refractivity contribution in [3.8, 4) is 17.2 Å². The smallest absolute Gasteiger partial charge is 0.231 e. The molecule has 0 fully saturated rings. The van der Waals surface area contributed by atoms with Crippen molar-refractivity contribution in [3.05, 3.63) is 95.0 Å². The zero-order valence-corrected chi connectivity index (χ0v) is 15.9. The number of halogens is 1. The van der Waals surface area contributed by atoms with E-state index in [4.69, 9.17) is 14.2 Å². The lowest BCUT2D eigenvalue weighted by molar-refractivity contribution is 0.101. The Balaban J connectivity index is 1.47. The third kappa shape index (κ3) is 4.29. The van der Waals surface area contributed by atoms with Gasteiger partial charge in [-0.15, -0.1) is 0 Å². The molecule has 4 nitrogen and oxygen atoms in total. The Morgan fingerprint density at radius 3 is 2.52 bits per heavy atom. The van der Waals surface area contributed by atoms with Gasteiger partial charge in [0.1, 0.15) is 29.7 Å². The van der Waals surface area contributed by atoms with Gasteiger partial charge in [-0.3, -0.25) is 4.79 Å². The summed E-state index contributed by atoms with van der Waals surface area (Å²) in [5, 5.41) is 0. The summed E-state index contributed by atoms with van der Waals surface area (Å²) >= 11 is 0. The predicted octanol–water partition coefficient (Wildman–Crippen LogP) is 5.42. The van der Waals surface area contributed by atoms with E-state index in [1.54, 1.807) is 36.4 Å². The standard InChI is InChI=1S/C24H19FO4/c1-2-27-19-8-6-16(7-9-19)13-23-24(26)21-11-10-20(14-22(21)29-23)28-15-17-4-3-5-18(25)12-17/h3-14H,2,15H2,1H3/b23-13-. The summed E-state index contributed by atoms with van der Waals surface area (Å²) in [4.78, 5) is 12.6. The van der Waals surface area contributed by atoms with E-state index in [0.29, 0.717) is 23.7 Å². The molecular formula is C24H19FO4. The number of ketones is 1. The summed E-state index contributed by atoms with van der Waals surface area (Å²) < 4.78 is 30.2. The number of hydrogen-bond donors (Lipinski definition) is 0. The Bertz CT molecular complexity index is 1070. The highest BCUT2D eigenvalue weighted by molar-refractivity contribution is 6.14. The third-order valence-electron chi connectivity index (χ3n) is 4.42. The number of hydrogen-bond acceptors (Lipinski definition) is 4. The molecule has 1 aliphatic rings. The molecule has 0 aliphatic carbocycles. The maximum atomic E-state index is 13.3. The van der Waals surface area contributed by atoms with Crippen molar-refractivity contribution in [2.45, 2.75) is 13.5 Å². The predicted molar refractivity (Wildman–Crippen MR) is 108 cm³/mol. The monoisotopic (exact) mass is 390 g/mol. The summed E-state index contributed by atoms with van der Waals surface area (Å²) in [5.74, 6) is 1.54. The zero-order chi connectivity index (χ0) is 20.2. The molecule has 0 atom stereocenters. The van der Waals surface area contributed by atoms with Crippen LogP contribution in [0.4, 0.5) is 4.39 Å². The second-order valence-corrected chi connectivity index (χ2v) is 6.52. The maximum Gasteiger partial charge on any atom is 0.231 e. The van der Waals surface area contributed by atoms with Gasteiger partial charge in [-0.2, -0.15) is 0 Å². The largest absolute Gasteiger partial charge is 0.494 e. The van der Waals surface area contributed by atoms with Crippen molar-refractivity contribution in [1.29, 1.82) is 0 Å². The highest BCUT2D eigenvalue weighted by Gasteiger charge is 2.27. The van der Waals surface area contributed by atoms with Gasteiger partial charge in [0.15, 0.2) is 5.76 Å². The number of rotatable bonds is 6. The van der Waals surface area contributed by atoms with Crippen molar-refractivity contribution < 1.29 is 23.4 Å². The van der Waals surface area contributed by atoms with Crippen LogP contribution >= 0.6 is 0 Å². The van der Waals surface area contributed by atoms with Crippen LogP contribution in [0, 0.1) is 5.82 Å². The first-order chi connectivity index (χ1) is 14.1. The summed E-state index contributed by atoms with van der Waals surface area (Å²) in [5.41, 5.74) is 2.05. The topological polar surface area (TPSA) is 44.8 Å². The van der Waals surface area contributed by atoms with Gasteiger partial charge in [-0.25, -0.2) is 4.39 Å². The van der Waals surface area contributed by atoms with E-state index in [9.17, 15) is 9.18 Å². The fourth-order valence-electron chi connectivity index (χ4n) is 3.03. The van der Waals surface area contributed by atoms with Gasteiger partial charge in [0.25, 0.3) is 0 Å². The molecule has 146 valence electrons. The van der Waals surface area contributed by atoms with Gasteiger partial charge >= 0.3 is 0 Å².